The van der Waals surface area contributed by atoms with Gasteiger partial charge in [0.15, 0.2) is 5.78 Å². The summed E-state index contributed by atoms with van der Waals surface area (Å²) < 4.78 is 0.941. The topological polar surface area (TPSA) is 59.3 Å². The van der Waals surface area contributed by atoms with Gasteiger partial charge in [-0.05, 0) is 30.0 Å². The molecule has 1 aliphatic rings. The minimum absolute atomic E-state index is 0.113. The lowest BCUT2D eigenvalue weighted by molar-refractivity contribution is 0.0885. The standard InChI is InChI=1S/C15H14ClNO3/c1-15(2)6-11-13(12(18)7-15)14(19)9-4-3-8(16)5-10(9)17(11)20/h3-5,20H,6-7H2,1-2H3. The summed E-state index contributed by atoms with van der Waals surface area (Å²) in [6, 6.07) is 4.65. The molecule has 0 amide bonds. The first-order chi connectivity index (χ1) is 9.30. The van der Waals surface area contributed by atoms with E-state index in [0.717, 1.165) is 4.73 Å². The zero-order valence-corrected chi connectivity index (χ0v) is 12.0. The molecule has 0 atom stereocenters. The number of fused-ring (bicyclic) bond motifs is 2. The second-order valence-corrected chi connectivity index (χ2v) is 6.50. The minimum atomic E-state index is -0.322. The Morgan fingerprint density at radius 3 is 2.65 bits per heavy atom. The van der Waals surface area contributed by atoms with Gasteiger partial charge in [0.25, 0.3) is 0 Å². The number of hydrogen-bond donors (Lipinski definition) is 1. The van der Waals surface area contributed by atoms with Crippen LogP contribution in [0.1, 0.15) is 36.3 Å². The Balaban J connectivity index is 2.45. The van der Waals surface area contributed by atoms with Crippen LogP contribution in [0, 0.1) is 5.41 Å². The number of carbonyl (C=O) groups excluding carboxylic acids is 1. The summed E-state index contributed by atoms with van der Waals surface area (Å²) in [7, 11) is 0. The average Bonchev–Trinajstić information content (AvgIpc) is 2.33. The Morgan fingerprint density at radius 2 is 1.95 bits per heavy atom. The fourth-order valence-electron chi connectivity index (χ4n) is 2.88. The largest absolute Gasteiger partial charge is 0.428 e. The maximum absolute atomic E-state index is 12.5. The van der Waals surface area contributed by atoms with E-state index in [1.54, 1.807) is 12.1 Å². The van der Waals surface area contributed by atoms with Crippen molar-refractivity contribution in [3.63, 3.8) is 0 Å². The van der Waals surface area contributed by atoms with E-state index in [-0.39, 0.29) is 22.2 Å². The fourth-order valence-corrected chi connectivity index (χ4v) is 3.05. The van der Waals surface area contributed by atoms with Crippen molar-refractivity contribution in [3.05, 3.63) is 44.7 Å². The van der Waals surface area contributed by atoms with Crippen molar-refractivity contribution in [2.24, 2.45) is 5.41 Å². The molecule has 4 nitrogen and oxygen atoms in total. The number of nitrogens with zero attached hydrogens (tertiary/aromatic N) is 1. The Bertz CT molecular complexity index is 805. The lowest BCUT2D eigenvalue weighted by Crippen LogP contribution is -2.34. The van der Waals surface area contributed by atoms with Gasteiger partial charge < -0.3 is 5.21 Å². The summed E-state index contributed by atoms with van der Waals surface area (Å²) in [5.41, 5.74) is 0.240. The van der Waals surface area contributed by atoms with E-state index in [1.807, 2.05) is 13.8 Å². The third-order valence-corrected chi connectivity index (χ3v) is 4.00. The number of aromatic nitrogens is 1. The van der Waals surface area contributed by atoms with E-state index in [0.29, 0.717) is 34.5 Å². The number of rotatable bonds is 0. The summed E-state index contributed by atoms with van der Waals surface area (Å²) in [5, 5.41) is 11.1. The van der Waals surface area contributed by atoms with Crippen molar-refractivity contribution >= 4 is 28.3 Å². The van der Waals surface area contributed by atoms with Crippen LogP contribution in [-0.2, 0) is 6.42 Å². The Hall–Kier alpha value is -1.81. The highest BCUT2D eigenvalue weighted by molar-refractivity contribution is 6.31. The second kappa shape index (κ2) is 4.09. The molecule has 1 heterocycles. The first-order valence-electron chi connectivity index (χ1n) is 6.40. The van der Waals surface area contributed by atoms with E-state index in [2.05, 4.69) is 0 Å². The average molecular weight is 292 g/mol. The minimum Gasteiger partial charge on any atom is -0.428 e. The van der Waals surface area contributed by atoms with Gasteiger partial charge >= 0.3 is 0 Å². The molecule has 2 aromatic rings. The molecular weight excluding hydrogens is 278 g/mol. The maximum atomic E-state index is 12.5. The van der Waals surface area contributed by atoms with Gasteiger partial charge in [0, 0.05) is 16.8 Å². The van der Waals surface area contributed by atoms with E-state index in [9.17, 15) is 14.8 Å². The van der Waals surface area contributed by atoms with Crippen LogP contribution < -0.4 is 5.43 Å². The first-order valence-corrected chi connectivity index (χ1v) is 6.77. The predicted octanol–water partition coefficient (Wildman–Crippen LogP) is 3.05. The van der Waals surface area contributed by atoms with Crippen LogP contribution >= 0.6 is 11.6 Å². The Labute approximate surface area is 120 Å². The fraction of sp³-hybridized carbons (Fsp3) is 0.333. The number of benzene rings is 1. The van der Waals surface area contributed by atoms with Crippen molar-refractivity contribution in [1.29, 1.82) is 0 Å². The number of Topliss-reactive ketones (excluding diaryl/α,β-unsaturated/α-hetero) is 1. The van der Waals surface area contributed by atoms with Crippen LogP contribution in [0.15, 0.2) is 23.0 Å². The Kier molecular flexibility index (Phi) is 2.70. The molecule has 1 aromatic heterocycles. The first kappa shape index (κ1) is 13.2. The van der Waals surface area contributed by atoms with Gasteiger partial charge in [-0.15, -0.1) is 0 Å². The number of hydrogen-bond acceptors (Lipinski definition) is 3. The van der Waals surface area contributed by atoms with Crippen molar-refractivity contribution in [2.75, 3.05) is 0 Å². The SMILES string of the molecule is CC1(C)CC(=O)c2c(n(O)c3cc(Cl)ccc3c2=O)C1. The number of pyridine rings is 1. The molecule has 5 heteroatoms. The van der Waals surface area contributed by atoms with Crippen LogP contribution in [0.4, 0.5) is 0 Å². The molecule has 1 aromatic carbocycles. The van der Waals surface area contributed by atoms with Crippen LogP contribution in [-0.4, -0.2) is 15.7 Å². The number of halogens is 1. The van der Waals surface area contributed by atoms with E-state index in [1.165, 1.54) is 6.07 Å². The van der Waals surface area contributed by atoms with Gasteiger partial charge in [-0.1, -0.05) is 25.4 Å². The zero-order chi connectivity index (χ0) is 14.7. The third kappa shape index (κ3) is 1.83. The summed E-state index contributed by atoms with van der Waals surface area (Å²) in [4.78, 5) is 24.7. The molecule has 104 valence electrons. The van der Waals surface area contributed by atoms with Crippen LogP contribution in [0.25, 0.3) is 10.9 Å². The molecular formula is C15H14ClNO3. The van der Waals surface area contributed by atoms with Crippen LogP contribution in [0.5, 0.6) is 0 Å². The molecule has 0 saturated heterocycles. The molecule has 1 N–H and O–H groups in total. The highest BCUT2D eigenvalue weighted by Gasteiger charge is 2.35. The van der Waals surface area contributed by atoms with Crippen molar-refractivity contribution in [1.82, 2.24) is 4.73 Å². The quantitative estimate of drug-likeness (QED) is 0.759. The predicted molar refractivity (Wildman–Crippen MR) is 76.8 cm³/mol. The lowest BCUT2D eigenvalue weighted by atomic mass is 9.75. The Morgan fingerprint density at radius 1 is 1.25 bits per heavy atom. The molecule has 0 fully saturated rings. The molecule has 0 bridgehead atoms. The lowest BCUT2D eigenvalue weighted by Gasteiger charge is -2.30. The van der Waals surface area contributed by atoms with Gasteiger partial charge in [-0.2, -0.15) is 4.73 Å². The number of ketones is 1. The molecule has 20 heavy (non-hydrogen) atoms. The number of carbonyl (C=O) groups is 1. The molecule has 0 spiro atoms. The highest BCUT2D eigenvalue weighted by atomic mass is 35.5. The van der Waals surface area contributed by atoms with Crippen molar-refractivity contribution in [3.8, 4) is 0 Å². The monoisotopic (exact) mass is 291 g/mol. The molecule has 1 aliphatic carbocycles. The summed E-state index contributed by atoms with van der Waals surface area (Å²) >= 11 is 5.92. The molecule has 0 radical (unpaired) electrons. The summed E-state index contributed by atoms with van der Waals surface area (Å²) in [6.45, 7) is 3.89. The van der Waals surface area contributed by atoms with Gasteiger partial charge in [0.05, 0.1) is 16.8 Å². The molecule has 0 aliphatic heterocycles. The third-order valence-electron chi connectivity index (χ3n) is 3.77. The van der Waals surface area contributed by atoms with Crippen molar-refractivity contribution < 1.29 is 10.0 Å². The maximum Gasteiger partial charge on any atom is 0.200 e. The highest BCUT2D eigenvalue weighted by Crippen LogP contribution is 2.34. The van der Waals surface area contributed by atoms with Crippen LogP contribution in [0.3, 0.4) is 0 Å². The van der Waals surface area contributed by atoms with Gasteiger partial charge in [0.1, 0.15) is 0 Å². The van der Waals surface area contributed by atoms with E-state index >= 15 is 0 Å². The molecule has 3 rings (SSSR count). The summed E-state index contributed by atoms with van der Waals surface area (Å²) in [6.07, 6.45) is 0.788. The van der Waals surface area contributed by atoms with E-state index < -0.39 is 0 Å². The molecule has 0 unspecified atom stereocenters. The normalized spacial score (nSPS) is 17.2. The van der Waals surface area contributed by atoms with Gasteiger partial charge in [-0.3, -0.25) is 9.59 Å². The smallest absolute Gasteiger partial charge is 0.200 e. The van der Waals surface area contributed by atoms with Gasteiger partial charge in [0.2, 0.25) is 5.43 Å². The van der Waals surface area contributed by atoms with E-state index in [4.69, 9.17) is 11.6 Å². The summed E-state index contributed by atoms with van der Waals surface area (Å²) in [5.74, 6) is -0.207. The van der Waals surface area contributed by atoms with Crippen molar-refractivity contribution in [2.45, 2.75) is 26.7 Å². The van der Waals surface area contributed by atoms with Crippen LogP contribution in [0.2, 0.25) is 5.02 Å². The second-order valence-electron chi connectivity index (χ2n) is 6.07. The zero-order valence-electron chi connectivity index (χ0n) is 11.2. The molecule has 0 saturated carbocycles. The van der Waals surface area contributed by atoms with Gasteiger partial charge in [-0.25, -0.2) is 0 Å².